The van der Waals surface area contributed by atoms with Crippen molar-refractivity contribution in [1.82, 2.24) is 5.06 Å². The summed E-state index contributed by atoms with van der Waals surface area (Å²) in [5, 5.41) is 11.4. The summed E-state index contributed by atoms with van der Waals surface area (Å²) in [7, 11) is 0. The molecule has 1 aliphatic heterocycles. The lowest BCUT2D eigenvalue weighted by atomic mass is 9.63. The van der Waals surface area contributed by atoms with Crippen LogP contribution in [0, 0.1) is 29.1 Å². The summed E-state index contributed by atoms with van der Waals surface area (Å²) in [5.41, 5.74) is -2.08. The van der Waals surface area contributed by atoms with Crippen LogP contribution in [-0.4, -0.2) is 27.5 Å². The largest absolute Gasteiger partial charge is 0.295 e. The number of carbonyl (C=O) groups excluding carboxylic acids is 2. The number of rotatable bonds is 2. The van der Waals surface area contributed by atoms with Crippen LogP contribution < -0.4 is 0 Å². The van der Waals surface area contributed by atoms with Crippen LogP contribution in [0.5, 0.6) is 0 Å². The number of amides is 1. The first kappa shape index (κ1) is 17.7. The molecule has 1 heterocycles. The average Bonchev–Trinajstić information content (AvgIpc) is 2.71. The lowest BCUT2D eigenvalue weighted by molar-refractivity contribution is -0.181. The normalized spacial score (nSPS) is 39.9. The van der Waals surface area contributed by atoms with Gasteiger partial charge < -0.3 is 0 Å². The van der Waals surface area contributed by atoms with E-state index in [4.69, 9.17) is 0 Å². The summed E-state index contributed by atoms with van der Waals surface area (Å²) >= 11 is 0. The second-order valence-electron chi connectivity index (χ2n) is 8.84. The van der Waals surface area contributed by atoms with E-state index >= 15 is 0 Å². The summed E-state index contributed by atoms with van der Waals surface area (Å²) in [6.45, 7) is 8.74. The Kier molecular flexibility index (Phi) is 4.40. The zero-order valence-electron chi connectivity index (χ0n) is 15.4. The highest BCUT2D eigenvalue weighted by Gasteiger charge is 2.66. The van der Waals surface area contributed by atoms with Crippen LogP contribution in [0.4, 0.5) is 0 Å². The summed E-state index contributed by atoms with van der Waals surface area (Å²) in [6, 6.07) is 0. The average molecular weight is 333 g/mol. The van der Waals surface area contributed by atoms with E-state index in [0.29, 0.717) is 42.9 Å². The van der Waals surface area contributed by atoms with Gasteiger partial charge in [0.2, 0.25) is 0 Å². The van der Waals surface area contributed by atoms with Gasteiger partial charge in [-0.25, -0.2) is 5.06 Å². The number of hydrogen-bond acceptors (Lipinski definition) is 3. The molecule has 2 unspecified atom stereocenters. The third kappa shape index (κ3) is 2.37. The van der Waals surface area contributed by atoms with Crippen molar-refractivity contribution in [2.75, 3.05) is 0 Å². The minimum absolute atomic E-state index is 0.0526. The van der Waals surface area contributed by atoms with E-state index in [2.05, 4.69) is 27.7 Å². The molecule has 4 heteroatoms. The van der Waals surface area contributed by atoms with Crippen molar-refractivity contribution in [3.63, 3.8) is 0 Å². The van der Waals surface area contributed by atoms with Crippen LogP contribution in [0.25, 0.3) is 0 Å². The number of allylic oxidation sites excluding steroid dienone is 1. The third-order valence-electron chi connectivity index (χ3n) is 6.97. The molecule has 0 aromatic rings. The lowest BCUT2D eigenvalue weighted by Crippen LogP contribution is -2.48. The van der Waals surface area contributed by atoms with Crippen LogP contribution in [0.15, 0.2) is 12.2 Å². The van der Waals surface area contributed by atoms with Gasteiger partial charge in [-0.1, -0.05) is 39.8 Å². The van der Waals surface area contributed by atoms with E-state index in [0.717, 1.165) is 24.3 Å². The Morgan fingerprint density at radius 3 is 2.12 bits per heavy atom. The molecule has 2 aliphatic carbocycles. The van der Waals surface area contributed by atoms with Gasteiger partial charge in [-0.15, -0.1) is 0 Å². The van der Waals surface area contributed by atoms with Gasteiger partial charge in [0, 0.05) is 0 Å². The highest BCUT2D eigenvalue weighted by Crippen LogP contribution is 2.53. The highest BCUT2D eigenvalue weighted by atomic mass is 16.5. The second-order valence-corrected chi connectivity index (χ2v) is 8.84. The number of carbonyl (C=O) groups is 2. The zero-order chi connectivity index (χ0) is 17.7. The van der Waals surface area contributed by atoms with Crippen molar-refractivity contribution in [1.29, 1.82) is 0 Å². The maximum atomic E-state index is 13.4. The predicted molar refractivity (Wildman–Crippen MR) is 92.3 cm³/mol. The molecule has 0 radical (unpaired) electrons. The number of ketones is 1. The predicted octanol–water partition coefficient (Wildman–Crippen LogP) is 3.98. The van der Waals surface area contributed by atoms with Gasteiger partial charge in [0.1, 0.15) is 11.0 Å². The number of hydroxylamine groups is 2. The number of Topliss-reactive ketones (excluding diaryl/α,β-unsaturated/α-hetero) is 1. The standard InChI is InChI=1S/C20H31NO3/c1-13(2)15-5-9-19(10-6-15)17(22)20(21(24)18(19)23)11-7-16(8-12-20)14(3)4/h7,11,13-16,24H,5-6,8-10,12H2,1-4H3. The molecule has 4 nitrogen and oxygen atoms in total. The first-order valence-electron chi connectivity index (χ1n) is 9.52. The van der Waals surface area contributed by atoms with Crippen molar-refractivity contribution in [2.45, 2.75) is 71.8 Å². The summed E-state index contributed by atoms with van der Waals surface area (Å²) in [4.78, 5) is 26.2. The monoisotopic (exact) mass is 333 g/mol. The molecule has 2 fully saturated rings. The molecule has 24 heavy (non-hydrogen) atoms. The van der Waals surface area contributed by atoms with Gasteiger partial charge in [-0.3, -0.25) is 14.8 Å². The molecule has 1 N–H and O–H groups in total. The first-order chi connectivity index (χ1) is 11.2. The smallest absolute Gasteiger partial charge is 0.260 e. The Balaban J connectivity index is 1.87. The molecule has 2 spiro atoms. The summed E-state index contributed by atoms with van der Waals surface area (Å²) in [6.07, 6.45) is 8.24. The molecule has 3 rings (SSSR count). The first-order valence-corrected chi connectivity index (χ1v) is 9.52. The zero-order valence-corrected chi connectivity index (χ0v) is 15.4. The molecule has 1 amide bonds. The summed E-state index contributed by atoms with van der Waals surface area (Å²) in [5.74, 6) is 1.67. The van der Waals surface area contributed by atoms with Crippen LogP contribution >= 0.6 is 0 Å². The fraction of sp³-hybridized carbons (Fsp3) is 0.800. The molecule has 1 saturated carbocycles. The van der Waals surface area contributed by atoms with Crippen LogP contribution in [0.1, 0.15) is 66.2 Å². The maximum absolute atomic E-state index is 13.4. The molecule has 1 saturated heterocycles. The maximum Gasteiger partial charge on any atom is 0.260 e. The Labute approximate surface area is 145 Å². The fourth-order valence-electron chi connectivity index (χ4n) is 5.00. The minimum Gasteiger partial charge on any atom is -0.295 e. The van der Waals surface area contributed by atoms with Crippen LogP contribution in [0.2, 0.25) is 0 Å². The van der Waals surface area contributed by atoms with E-state index in [-0.39, 0.29) is 11.7 Å². The van der Waals surface area contributed by atoms with Gasteiger partial charge in [-0.2, -0.15) is 0 Å². The van der Waals surface area contributed by atoms with E-state index in [1.54, 1.807) is 0 Å². The Bertz CT molecular complexity index is 557. The van der Waals surface area contributed by atoms with Crippen molar-refractivity contribution < 1.29 is 14.8 Å². The van der Waals surface area contributed by atoms with Gasteiger partial charge >= 0.3 is 0 Å². The third-order valence-corrected chi connectivity index (χ3v) is 6.97. The van der Waals surface area contributed by atoms with E-state index < -0.39 is 11.0 Å². The fourth-order valence-corrected chi connectivity index (χ4v) is 5.00. The van der Waals surface area contributed by atoms with Crippen molar-refractivity contribution in [3.8, 4) is 0 Å². The van der Waals surface area contributed by atoms with Crippen molar-refractivity contribution in [2.24, 2.45) is 29.1 Å². The number of nitrogens with zero attached hydrogens (tertiary/aromatic N) is 1. The molecule has 0 bridgehead atoms. The molecular weight excluding hydrogens is 302 g/mol. The summed E-state index contributed by atoms with van der Waals surface area (Å²) < 4.78 is 0. The molecule has 2 atom stereocenters. The Morgan fingerprint density at radius 1 is 1.04 bits per heavy atom. The van der Waals surface area contributed by atoms with Gasteiger partial charge in [0.15, 0.2) is 5.78 Å². The van der Waals surface area contributed by atoms with Gasteiger partial charge in [0.25, 0.3) is 5.91 Å². The number of hydrogen-bond donors (Lipinski definition) is 1. The Hall–Kier alpha value is -1.16. The minimum atomic E-state index is -1.10. The van der Waals surface area contributed by atoms with E-state index in [1.807, 2.05) is 12.2 Å². The molecule has 0 aromatic heterocycles. The second kappa shape index (κ2) is 5.98. The molecular formula is C20H31NO3. The van der Waals surface area contributed by atoms with Gasteiger partial charge in [-0.05, 0) is 62.2 Å². The molecule has 0 aromatic carbocycles. The molecule has 3 aliphatic rings. The van der Waals surface area contributed by atoms with E-state index in [1.165, 1.54) is 0 Å². The Morgan fingerprint density at radius 2 is 1.67 bits per heavy atom. The van der Waals surface area contributed by atoms with Crippen LogP contribution in [0.3, 0.4) is 0 Å². The highest BCUT2D eigenvalue weighted by molar-refractivity contribution is 6.17. The lowest BCUT2D eigenvalue weighted by Gasteiger charge is -2.37. The van der Waals surface area contributed by atoms with Crippen molar-refractivity contribution >= 4 is 11.7 Å². The topological polar surface area (TPSA) is 57.6 Å². The SMILES string of the molecule is CC(C)C1C=CC2(CC1)C(=O)C1(CCC(C(C)C)CC1)C(=O)N2O. The van der Waals surface area contributed by atoms with Gasteiger partial charge in [0.05, 0.1) is 0 Å². The van der Waals surface area contributed by atoms with Crippen molar-refractivity contribution in [3.05, 3.63) is 12.2 Å². The van der Waals surface area contributed by atoms with Crippen LogP contribution in [-0.2, 0) is 9.59 Å². The molecule has 134 valence electrons. The van der Waals surface area contributed by atoms with E-state index in [9.17, 15) is 14.8 Å². The quantitative estimate of drug-likeness (QED) is 0.472.